The average Bonchev–Trinajstić information content (AvgIpc) is 2.37. The summed E-state index contributed by atoms with van der Waals surface area (Å²) in [5, 5.41) is 3.73. The van der Waals surface area contributed by atoms with Crippen molar-refractivity contribution < 1.29 is 28.8 Å². The van der Waals surface area contributed by atoms with Crippen LogP contribution in [0.5, 0.6) is 0 Å². The molecule has 106 valence electrons. The number of nitrogens with zero attached hydrogens (tertiary/aromatic N) is 2. The van der Waals surface area contributed by atoms with Gasteiger partial charge in [-0.05, 0) is 0 Å². The maximum Gasteiger partial charge on any atom is 0.330 e. The Kier molecular flexibility index (Phi) is 3.00. The van der Waals surface area contributed by atoms with Gasteiger partial charge in [0.15, 0.2) is 0 Å². The predicted molar refractivity (Wildman–Crippen MR) is 59.6 cm³/mol. The molecule has 2 atom stereocenters. The number of hydrogen-bond acceptors (Lipinski definition) is 6. The second-order valence-electron chi connectivity index (χ2n) is 4.34. The summed E-state index contributed by atoms with van der Waals surface area (Å²) in [6.45, 7) is 0. The highest BCUT2D eigenvalue weighted by atomic mass is 16.2. The number of urea groups is 2. The number of barbiturate groups is 2. The van der Waals surface area contributed by atoms with Crippen molar-refractivity contribution in [2.45, 2.75) is 0 Å². The first-order valence-corrected chi connectivity index (χ1v) is 5.50. The number of rotatable bonds is 1. The van der Waals surface area contributed by atoms with Crippen molar-refractivity contribution >= 4 is 35.7 Å². The van der Waals surface area contributed by atoms with E-state index in [-0.39, 0.29) is 0 Å². The van der Waals surface area contributed by atoms with E-state index in [4.69, 9.17) is 0 Å². The van der Waals surface area contributed by atoms with E-state index in [0.29, 0.717) is 9.80 Å². The van der Waals surface area contributed by atoms with Crippen LogP contribution >= 0.6 is 0 Å². The summed E-state index contributed by atoms with van der Waals surface area (Å²) in [6.07, 6.45) is 0. The molecule has 0 saturated carbocycles. The second-order valence-corrected chi connectivity index (χ2v) is 4.34. The van der Waals surface area contributed by atoms with E-state index in [2.05, 4.69) is 0 Å². The van der Waals surface area contributed by atoms with Gasteiger partial charge >= 0.3 is 12.1 Å². The summed E-state index contributed by atoms with van der Waals surface area (Å²) in [6, 6.07) is -1.88. The molecule has 0 aliphatic carbocycles. The van der Waals surface area contributed by atoms with Gasteiger partial charge in [-0.15, -0.1) is 0 Å². The highest BCUT2D eigenvalue weighted by molar-refractivity contribution is 6.24. The lowest BCUT2D eigenvalue weighted by Gasteiger charge is -2.34. The molecular weight excluding hydrogens is 272 g/mol. The minimum atomic E-state index is -1.68. The van der Waals surface area contributed by atoms with Crippen molar-refractivity contribution in [2.75, 3.05) is 14.1 Å². The number of amides is 8. The summed E-state index contributed by atoms with van der Waals surface area (Å²) in [5.74, 6) is -7.41. The van der Waals surface area contributed by atoms with Gasteiger partial charge < -0.3 is 0 Å². The Balaban J connectivity index is 2.38. The van der Waals surface area contributed by atoms with Crippen LogP contribution in [0.2, 0.25) is 0 Å². The van der Waals surface area contributed by atoms with Gasteiger partial charge in [0, 0.05) is 14.1 Å². The number of carbonyl (C=O) groups is 6. The van der Waals surface area contributed by atoms with E-state index in [0.717, 1.165) is 14.1 Å². The molecule has 0 bridgehead atoms. The van der Waals surface area contributed by atoms with Crippen LogP contribution in [-0.2, 0) is 19.2 Å². The van der Waals surface area contributed by atoms with Crippen molar-refractivity contribution in [3.8, 4) is 0 Å². The fourth-order valence-corrected chi connectivity index (χ4v) is 1.96. The zero-order chi connectivity index (χ0) is 15.2. The van der Waals surface area contributed by atoms with Crippen LogP contribution < -0.4 is 10.6 Å². The fourth-order valence-electron chi connectivity index (χ4n) is 1.96. The molecule has 2 heterocycles. The fraction of sp³-hybridized carbons (Fsp3) is 0.400. The van der Waals surface area contributed by atoms with Gasteiger partial charge in [-0.3, -0.25) is 39.6 Å². The van der Waals surface area contributed by atoms with E-state index >= 15 is 0 Å². The van der Waals surface area contributed by atoms with Gasteiger partial charge in [0.2, 0.25) is 23.6 Å². The summed E-state index contributed by atoms with van der Waals surface area (Å²) in [7, 11) is 2.22. The first-order valence-electron chi connectivity index (χ1n) is 5.50. The first-order chi connectivity index (χ1) is 9.25. The maximum absolute atomic E-state index is 11.9. The molecule has 10 nitrogen and oxygen atoms in total. The number of hydrogen-bond donors (Lipinski definition) is 2. The van der Waals surface area contributed by atoms with E-state index in [9.17, 15) is 28.8 Å². The maximum atomic E-state index is 11.9. The standard InChI is InChI=1S/C10H10N4O6/c1-13-7(17)3(5(15)11-9(13)19)4-6(16)12-10(20)14(2)8(4)18/h3-4H,1-2H3,(H,11,15,19)(H,12,16,20). The van der Waals surface area contributed by atoms with Crippen molar-refractivity contribution in [3.05, 3.63) is 0 Å². The zero-order valence-corrected chi connectivity index (χ0v) is 10.5. The predicted octanol–water partition coefficient (Wildman–Crippen LogP) is -2.36. The normalized spacial score (nSPS) is 27.7. The van der Waals surface area contributed by atoms with E-state index in [1.807, 2.05) is 10.6 Å². The highest BCUT2D eigenvalue weighted by Crippen LogP contribution is 2.23. The van der Waals surface area contributed by atoms with Crippen LogP contribution in [0.3, 0.4) is 0 Å². The molecule has 2 unspecified atom stereocenters. The molecule has 0 aromatic heterocycles. The van der Waals surface area contributed by atoms with Crippen LogP contribution in [-0.4, -0.2) is 59.6 Å². The van der Waals surface area contributed by atoms with Gasteiger partial charge in [-0.25, -0.2) is 9.59 Å². The zero-order valence-electron chi connectivity index (χ0n) is 10.5. The molecule has 2 aliphatic heterocycles. The quantitative estimate of drug-likeness (QED) is 0.517. The lowest BCUT2D eigenvalue weighted by Crippen LogP contribution is -2.65. The molecular formula is C10H10N4O6. The summed E-state index contributed by atoms with van der Waals surface area (Å²) < 4.78 is 0. The molecule has 8 amide bonds. The van der Waals surface area contributed by atoms with Crippen LogP contribution in [0, 0.1) is 11.8 Å². The Morgan fingerprint density at radius 3 is 1.30 bits per heavy atom. The average molecular weight is 282 g/mol. The molecule has 0 aromatic rings. The number of carbonyl (C=O) groups excluding carboxylic acids is 6. The molecule has 20 heavy (non-hydrogen) atoms. The Hall–Kier alpha value is -2.78. The van der Waals surface area contributed by atoms with E-state index < -0.39 is 47.5 Å². The summed E-state index contributed by atoms with van der Waals surface area (Å²) in [5.41, 5.74) is 0. The summed E-state index contributed by atoms with van der Waals surface area (Å²) >= 11 is 0. The van der Waals surface area contributed by atoms with Crippen molar-refractivity contribution in [3.63, 3.8) is 0 Å². The Morgan fingerprint density at radius 1 is 0.700 bits per heavy atom. The van der Waals surface area contributed by atoms with Gasteiger partial charge in [-0.1, -0.05) is 0 Å². The van der Waals surface area contributed by atoms with E-state index in [1.165, 1.54) is 0 Å². The van der Waals surface area contributed by atoms with Crippen LogP contribution in [0.4, 0.5) is 9.59 Å². The smallest absolute Gasteiger partial charge is 0.277 e. The van der Waals surface area contributed by atoms with Crippen LogP contribution in [0.1, 0.15) is 0 Å². The minimum absolute atomic E-state index is 0.600. The second kappa shape index (κ2) is 4.40. The molecule has 2 N–H and O–H groups in total. The number of nitrogens with one attached hydrogen (secondary N) is 2. The molecule has 2 aliphatic rings. The van der Waals surface area contributed by atoms with Crippen LogP contribution in [0.15, 0.2) is 0 Å². The third-order valence-electron chi connectivity index (χ3n) is 3.16. The number of imide groups is 4. The SMILES string of the molecule is CN1C(=O)NC(=O)C(C2C(=O)NC(=O)N(C)C2=O)C1=O. The summed E-state index contributed by atoms with van der Waals surface area (Å²) in [4.78, 5) is 71.0. The van der Waals surface area contributed by atoms with Crippen molar-refractivity contribution in [1.82, 2.24) is 20.4 Å². The lowest BCUT2D eigenvalue weighted by atomic mass is 9.86. The molecule has 2 saturated heterocycles. The monoisotopic (exact) mass is 282 g/mol. The Bertz CT molecular complexity index is 520. The third kappa shape index (κ3) is 1.81. The highest BCUT2D eigenvalue weighted by Gasteiger charge is 2.52. The van der Waals surface area contributed by atoms with Crippen LogP contribution in [0.25, 0.3) is 0 Å². The molecule has 10 heteroatoms. The molecule has 0 aromatic carbocycles. The third-order valence-corrected chi connectivity index (χ3v) is 3.16. The van der Waals surface area contributed by atoms with Gasteiger partial charge in [0.1, 0.15) is 11.8 Å². The molecule has 2 rings (SSSR count). The lowest BCUT2D eigenvalue weighted by molar-refractivity contribution is -0.156. The molecule has 0 radical (unpaired) electrons. The molecule has 0 spiro atoms. The Morgan fingerprint density at radius 2 is 1.00 bits per heavy atom. The van der Waals surface area contributed by atoms with Crippen molar-refractivity contribution in [2.24, 2.45) is 11.8 Å². The van der Waals surface area contributed by atoms with Gasteiger partial charge in [0.05, 0.1) is 0 Å². The topological polar surface area (TPSA) is 133 Å². The largest absolute Gasteiger partial charge is 0.330 e. The van der Waals surface area contributed by atoms with Gasteiger partial charge in [0.25, 0.3) is 0 Å². The minimum Gasteiger partial charge on any atom is -0.277 e. The van der Waals surface area contributed by atoms with Gasteiger partial charge in [-0.2, -0.15) is 0 Å². The molecule has 2 fully saturated rings. The van der Waals surface area contributed by atoms with Crippen molar-refractivity contribution in [1.29, 1.82) is 0 Å². The first kappa shape index (κ1) is 13.6. The Labute approximate surface area is 112 Å². The van der Waals surface area contributed by atoms with E-state index in [1.54, 1.807) is 0 Å².